The summed E-state index contributed by atoms with van der Waals surface area (Å²) >= 11 is 0. The fraction of sp³-hybridized carbons (Fsp3) is 0.208. The van der Waals surface area contributed by atoms with Gasteiger partial charge in [-0.15, -0.1) is 0 Å². The van der Waals surface area contributed by atoms with Crippen molar-refractivity contribution in [3.05, 3.63) is 144 Å². The third-order valence-electron chi connectivity index (χ3n) is 10.7. The van der Waals surface area contributed by atoms with E-state index in [-0.39, 0.29) is 10.8 Å². The van der Waals surface area contributed by atoms with Crippen molar-refractivity contribution in [2.75, 3.05) is 0 Å². The van der Waals surface area contributed by atoms with Gasteiger partial charge in [0.15, 0.2) is 11.3 Å². The number of pyridine rings is 1. The van der Waals surface area contributed by atoms with Gasteiger partial charge in [0.05, 0.1) is 16.7 Å². The summed E-state index contributed by atoms with van der Waals surface area (Å²) in [5.41, 5.74) is 10.7. The first kappa shape index (κ1) is 33.7. The molecule has 6 heteroatoms. The molecule has 0 atom stereocenters. The van der Waals surface area contributed by atoms with Crippen molar-refractivity contribution >= 4 is 43.7 Å². The van der Waals surface area contributed by atoms with Crippen molar-refractivity contribution in [3.63, 3.8) is 0 Å². The van der Waals surface area contributed by atoms with E-state index in [0.717, 1.165) is 61.1 Å². The second kappa shape index (κ2) is 12.2. The number of furan rings is 1. The highest BCUT2D eigenvalue weighted by atomic mass is 16.5. The fourth-order valence-corrected chi connectivity index (χ4v) is 7.86. The molecule has 268 valence electrons. The molecule has 0 N–H and O–H groups in total. The zero-order chi connectivity index (χ0) is 37.5. The number of aryl methyl sites for hydroxylation is 2. The summed E-state index contributed by atoms with van der Waals surface area (Å²) in [6.45, 7) is 17.8. The average molecular weight is 709 g/mol. The number of nitrogens with zero attached hydrogens (tertiary/aromatic N) is 4. The Balaban J connectivity index is 1.22. The lowest BCUT2D eigenvalue weighted by Gasteiger charge is -2.23. The number of benzene rings is 5. The topological polar surface area (TPSA) is 58.0 Å². The smallest absolute Gasteiger partial charge is 0.177 e. The molecule has 0 spiro atoms. The van der Waals surface area contributed by atoms with Crippen LogP contribution in [0.3, 0.4) is 0 Å². The first-order valence-electron chi connectivity index (χ1n) is 18.6. The van der Waals surface area contributed by atoms with E-state index in [1.54, 1.807) is 0 Å². The lowest BCUT2D eigenvalue weighted by atomic mass is 9.84. The zero-order valence-corrected chi connectivity index (χ0v) is 32.2. The van der Waals surface area contributed by atoms with Crippen LogP contribution in [-0.4, -0.2) is 19.1 Å². The average Bonchev–Trinajstić information content (AvgIpc) is 3.85. The van der Waals surface area contributed by atoms with E-state index >= 15 is 0 Å². The zero-order valence-electron chi connectivity index (χ0n) is 32.2. The molecular weight excluding hydrogens is 665 g/mol. The predicted octanol–water partition coefficient (Wildman–Crippen LogP) is 12.9. The number of hydrogen-bond acceptors (Lipinski definition) is 4. The van der Waals surface area contributed by atoms with Gasteiger partial charge < -0.3 is 9.15 Å². The van der Waals surface area contributed by atoms with Crippen LogP contribution < -0.4 is 4.74 Å². The van der Waals surface area contributed by atoms with Crippen LogP contribution in [-0.2, 0) is 10.8 Å². The predicted molar refractivity (Wildman–Crippen MR) is 222 cm³/mol. The summed E-state index contributed by atoms with van der Waals surface area (Å²) in [7, 11) is 0. The van der Waals surface area contributed by atoms with Crippen LogP contribution in [0, 0.1) is 13.8 Å². The molecule has 0 aliphatic heterocycles. The number of ether oxygens (including phenoxy) is 1. The third kappa shape index (κ3) is 5.56. The standard InChI is InChI=1S/C48H44N4O2/c1-29-23-33(48(6,7)8)24-30(2)44(29)51-22-21-50-46(51)31-25-38-37-14-10-12-16-41(37)54-45(38)42(26-31)53-34-17-18-36-35-13-9-11-15-39(35)52(40(36)28-34)43-27-32(19-20-49-43)47(3,4)5/h9-28H,1-8H3. The highest BCUT2D eigenvalue weighted by Gasteiger charge is 2.23. The number of para-hydroxylation sites is 2. The van der Waals surface area contributed by atoms with Crippen LogP contribution >= 0.6 is 0 Å². The Kier molecular flexibility index (Phi) is 7.61. The second-order valence-corrected chi connectivity index (χ2v) is 16.6. The molecule has 0 aliphatic rings. The van der Waals surface area contributed by atoms with Gasteiger partial charge in [-0.1, -0.05) is 90.1 Å². The highest BCUT2D eigenvalue weighted by Crippen LogP contribution is 2.42. The Morgan fingerprint density at radius 3 is 2.07 bits per heavy atom. The molecule has 0 radical (unpaired) electrons. The van der Waals surface area contributed by atoms with Gasteiger partial charge in [0.25, 0.3) is 0 Å². The molecule has 9 rings (SSSR count). The number of aromatic nitrogens is 4. The van der Waals surface area contributed by atoms with Gasteiger partial charge in [0, 0.05) is 51.8 Å². The van der Waals surface area contributed by atoms with Crippen molar-refractivity contribution in [3.8, 4) is 34.4 Å². The van der Waals surface area contributed by atoms with E-state index in [1.807, 2.05) is 36.7 Å². The van der Waals surface area contributed by atoms with Gasteiger partial charge in [0.1, 0.15) is 23.0 Å². The molecule has 5 aromatic carbocycles. The molecule has 54 heavy (non-hydrogen) atoms. The lowest BCUT2D eigenvalue weighted by molar-refractivity contribution is 0.477. The minimum absolute atomic E-state index is 0.0182. The lowest BCUT2D eigenvalue weighted by Crippen LogP contribution is -2.13. The van der Waals surface area contributed by atoms with E-state index in [1.165, 1.54) is 22.3 Å². The number of imidazole rings is 1. The van der Waals surface area contributed by atoms with Crippen LogP contribution in [0.5, 0.6) is 11.5 Å². The summed E-state index contributed by atoms with van der Waals surface area (Å²) in [5.74, 6) is 3.03. The van der Waals surface area contributed by atoms with Gasteiger partial charge in [-0.3, -0.25) is 9.13 Å². The Bertz CT molecular complexity index is 2890. The van der Waals surface area contributed by atoms with Crippen LogP contribution in [0.4, 0.5) is 0 Å². The molecule has 4 heterocycles. The molecule has 0 aliphatic carbocycles. The summed E-state index contributed by atoms with van der Waals surface area (Å²) < 4.78 is 17.9. The van der Waals surface area contributed by atoms with Crippen molar-refractivity contribution in [1.82, 2.24) is 19.1 Å². The number of hydrogen-bond donors (Lipinski definition) is 0. The van der Waals surface area contributed by atoms with Crippen LogP contribution in [0.25, 0.3) is 66.6 Å². The Morgan fingerprint density at radius 2 is 1.31 bits per heavy atom. The summed E-state index contributed by atoms with van der Waals surface area (Å²) in [6.07, 6.45) is 5.83. The van der Waals surface area contributed by atoms with Gasteiger partial charge in [0.2, 0.25) is 0 Å². The van der Waals surface area contributed by atoms with Gasteiger partial charge in [-0.2, -0.15) is 0 Å². The fourth-order valence-electron chi connectivity index (χ4n) is 7.86. The third-order valence-corrected chi connectivity index (χ3v) is 10.7. The Labute approximate surface area is 315 Å². The molecule has 0 bridgehead atoms. The van der Waals surface area contributed by atoms with E-state index in [4.69, 9.17) is 19.1 Å². The number of rotatable bonds is 5. The summed E-state index contributed by atoms with van der Waals surface area (Å²) in [4.78, 5) is 9.81. The molecule has 0 saturated carbocycles. The van der Waals surface area contributed by atoms with Crippen molar-refractivity contribution in [1.29, 1.82) is 0 Å². The molecule has 0 unspecified atom stereocenters. The second-order valence-electron chi connectivity index (χ2n) is 16.6. The highest BCUT2D eigenvalue weighted by molar-refractivity contribution is 6.10. The first-order valence-corrected chi connectivity index (χ1v) is 18.6. The monoisotopic (exact) mass is 708 g/mol. The molecule has 0 fully saturated rings. The molecule has 9 aromatic rings. The Morgan fingerprint density at radius 1 is 0.611 bits per heavy atom. The van der Waals surface area contributed by atoms with E-state index < -0.39 is 0 Å². The van der Waals surface area contributed by atoms with Crippen LogP contribution in [0.15, 0.2) is 126 Å². The van der Waals surface area contributed by atoms with Crippen LogP contribution in [0.1, 0.15) is 63.8 Å². The molecule has 6 nitrogen and oxygen atoms in total. The molecular formula is C48H44N4O2. The van der Waals surface area contributed by atoms with E-state index in [0.29, 0.717) is 17.1 Å². The van der Waals surface area contributed by atoms with Crippen molar-refractivity contribution < 1.29 is 9.15 Å². The van der Waals surface area contributed by atoms with Crippen LogP contribution in [0.2, 0.25) is 0 Å². The maximum Gasteiger partial charge on any atom is 0.177 e. The van der Waals surface area contributed by atoms with Gasteiger partial charge in [-0.25, -0.2) is 9.97 Å². The van der Waals surface area contributed by atoms with Crippen molar-refractivity contribution in [2.24, 2.45) is 0 Å². The molecule has 0 amide bonds. The normalized spacial score (nSPS) is 12.4. The van der Waals surface area contributed by atoms with Gasteiger partial charge in [-0.05, 0) is 95.5 Å². The maximum atomic E-state index is 6.91. The molecule has 4 aromatic heterocycles. The number of fused-ring (bicyclic) bond motifs is 6. The largest absolute Gasteiger partial charge is 0.453 e. The minimum atomic E-state index is -0.0182. The first-order chi connectivity index (χ1) is 25.8. The van der Waals surface area contributed by atoms with E-state index in [2.05, 4.69) is 150 Å². The van der Waals surface area contributed by atoms with E-state index in [9.17, 15) is 0 Å². The van der Waals surface area contributed by atoms with Gasteiger partial charge >= 0.3 is 0 Å². The maximum absolute atomic E-state index is 6.91. The molecule has 0 saturated heterocycles. The summed E-state index contributed by atoms with van der Waals surface area (Å²) in [5, 5.41) is 4.30. The summed E-state index contributed by atoms with van der Waals surface area (Å²) in [6, 6.07) is 36.1. The quantitative estimate of drug-likeness (QED) is 0.179. The van der Waals surface area contributed by atoms with Crippen molar-refractivity contribution in [2.45, 2.75) is 66.2 Å². The minimum Gasteiger partial charge on any atom is -0.453 e. The Hall–Kier alpha value is -6.14. The SMILES string of the molecule is Cc1cc(C(C)(C)C)cc(C)c1-n1ccnc1-c1cc(Oc2ccc3c4ccccc4n(-c4cc(C(C)(C)C)ccn4)c3c2)c2oc3ccccc3c2c1.